The zero-order valence-electron chi connectivity index (χ0n) is 21.0. The highest BCUT2D eigenvalue weighted by molar-refractivity contribution is 14.1. The van der Waals surface area contributed by atoms with E-state index in [1.165, 1.54) is 25.3 Å². The standard InChI is InChI=1S/C25H25ClF3IN4O5/c1-15(13-38-20-5-3-4-6-37-20)7-17(23(33-30)36-2)12-34-14-32-22(25(27,28)29)21(24(34)35)39-19-9-16(11-31)8-18(26)10-19/h7-10,14,20,33H,3-6,12-13H2,1-2H3/b15-7+,23-17-. The highest BCUT2D eigenvalue weighted by Crippen LogP contribution is 2.35. The van der Waals surface area contributed by atoms with Crippen LogP contribution in [0.3, 0.4) is 0 Å². The van der Waals surface area contributed by atoms with E-state index in [0.29, 0.717) is 12.2 Å². The second kappa shape index (κ2) is 14.0. The molecule has 1 aliphatic rings. The Balaban J connectivity index is 1.98. The molecule has 1 unspecified atom stereocenters. The van der Waals surface area contributed by atoms with E-state index < -0.39 is 23.2 Å². The lowest BCUT2D eigenvalue weighted by Crippen LogP contribution is -2.27. The molecule has 0 aliphatic carbocycles. The Morgan fingerprint density at radius 3 is 2.77 bits per heavy atom. The number of aromatic nitrogens is 2. The molecule has 1 aliphatic heterocycles. The summed E-state index contributed by atoms with van der Waals surface area (Å²) in [6.07, 6.45) is -0.0361. The molecule has 2 aromatic rings. The highest BCUT2D eigenvalue weighted by atomic mass is 127. The average molecular weight is 681 g/mol. The van der Waals surface area contributed by atoms with E-state index in [2.05, 4.69) is 8.51 Å². The fourth-order valence-electron chi connectivity index (χ4n) is 3.68. The van der Waals surface area contributed by atoms with Crippen molar-refractivity contribution in [1.82, 2.24) is 13.1 Å². The molecule has 3 rings (SSSR count). The van der Waals surface area contributed by atoms with Gasteiger partial charge in [0, 0.05) is 17.2 Å². The summed E-state index contributed by atoms with van der Waals surface area (Å²) in [6, 6.07) is 5.49. The van der Waals surface area contributed by atoms with Crippen molar-refractivity contribution in [3.05, 3.63) is 74.3 Å². The molecular weight excluding hydrogens is 656 g/mol. The van der Waals surface area contributed by atoms with Crippen LogP contribution in [-0.4, -0.2) is 36.2 Å². The van der Waals surface area contributed by atoms with Crippen LogP contribution in [0, 0.1) is 11.3 Å². The first kappa shape index (κ1) is 30.7. The molecule has 14 heteroatoms. The van der Waals surface area contributed by atoms with Gasteiger partial charge in [-0.3, -0.25) is 12.9 Å². The number of ether oxygens (including phenoxy) is 4. The third-order valence-electron chi connectivity index (χ3n) is 5.46. The molecule has 1 aromatic heterocycles. The zero-order valence-corrected chi connectivity index (χ0v) is 23.9. The molecule has 1 atom stereocenters. The zero-order chi connectivity index (χ0) is 28.6. The summed E-state index contributed by atoms with van der Waals surface area (Å²) in [5, 5.41) is 9.20. The van der Waals surface area contributed by atoms with E-state index in [1.54, 1.807) is 13.0 Å². The first-order valence-electron chi connectivity index (χ1n) is 11.6. The van der Waals surface area contributed by atoms with Crippen molar-refractivity contribution in [3.8, 4) is 17.6 Å². The Hall–Kier alpha value is -2.80. The van der Waals surface area contributed by atoms with Crippen molar-refractivity contribution in [2.45, 2.75) is 45.2 Å². The van der Waals surface area contributed by atoms with Gasteiger partial charge < -0.3 is 18.9 Å². The fraction of sp³-hybridized carbons (Fsp3) is 0.400. The van der Waals surface area contributed by atoms with Crippen LogP contribution in [0.1, 0.15) is 37.4 Å². The number of rotatable bonds is 10. The minimum absolute atomic E-state index is 0.0415. The second-order valence-electron chi connectivity index (χ2n) is 8.49. The Morgan fingerprint density at radius 2 is 2.15 bits per heavy atom. The summed E-state index contributed by atoms with van der Waals surface area (Å²) in [6.45, 7) is 2.45. The predicted octanol–water partition coefficient (Wildman–Crippen LogP) is 5.87. The summed E-state index contributed by atoms with van der Waals surface area (Å²) < 4.78 is 67.1. The number of nitrogens with zero attached hydrogens (tertiary/aromatic N) is 3. The van der Waals surface area contributed by atoms with Gasteiger partial charge in [0.15, 0.2) is 17.9 Å². The first-order chi connectivity index (χ1) is 18.5. The first-order valence-corrected chi connectivity index (χ1v) is 13.1. The summed E-state index contributed by atoms with van der Waals surface area (Å²) in [5.41, 5.74) is -1.39. The van der Waals surface area contributed by atoms with Crippen molar-refractivity contribution in [3.63, 3.8) is 0 Å². The van der Waals surface area contributed by atoms with Gasteiger partial charge in [-0.2, -0.15) is 18.4 Å². The third kappa shape index (κ3) is 8.59. The molecule has 210 valence electrons. The van der Waals surface area contributed by atoms with Gasteiger partial charge >= 0.3 is 6.18 Å². The van der Waals surface area contributed by atoms with Crippen molar-refractivity contribution < 1.29 is 32.1 Å². The number of methoxy groups -OCH3 is 1. The molecule has 0 saturated carbocycles. The maximum Gasteiger partial charge on any atom is 0.437 e. The van der Waals surface area contributed by atoms with Crippen LogP contribution in [-0.2, 0) is 26.9 Å². The lowest BCUT2D eigenvalue weighted by Gasteiger charge is -2.23. The van der Waals surface area contributed by atoms with Gasteiger partial charge in [-0.25, -0.2) is 4.98 Å². The lowest BCUT2D eigenvalue weighted by molar-refractivity contribution is -0.156. The van der Waals surface area contributed by atoms with Gasteiger partial charge in [0.25, 0.3) is 5.56 Å². The number of hydrogen-bond donors (Lipinski definition) is 1. The van der Waals surface area contributed by atoms with E-state index >= 15 is 0 Å². The largest absolute Gasteiger partial charge is 0.482 e. The molecule has 1 saturated heterocycles. The van der Waals surface area contributed by atoms with Crippen LogP contribution in [0.4, 0.5) is 13.2 Å². The van der Waals surface area contributed by atoms with Crippen LogP contribution >= 0.6 is 34.5 Å². The Morgan fingerprint density at radius 1 is 1.38 bits per heavy atom. The van der Waals surface area contributed by atoms with Gasteiger partial charge in [0.2, 0.25) is 5.75 Å². The smallest absolute Gasteiger partial charge is 0.437 e. The second-order valence-corrected chi connectivity index (χ2v) is 9.47. The summed E-state index contributed by atoms with van der Waals surface area (Å²) in [7, 11) is 1.41. The van der Waals surface area contributed by atoms with Crippen molar-refractivity contribution >= 4 is 34.5 Å². The minimum atomic E-state index is -4.99. The molecule has 0 amide bonds. The Labute approximate surface area is 241 Å². The molecule has 39 heavy (non-hydrogen) atoms. The molecule has 9 nitrogen and oxygen atoms in total. The van der Waals surface area contributed by atoms with Gasteiger partial charge in [0.05, 0.1) is 61.1 Å². The Bertz CT molecular complexity index is 1330. The van der Waals surface area contributed by atoms with Gasteiger partial charge in [-0.1, -0.05) is 17.7 Å². The van der Waals surface area contributed by atoms with Crippen LogP contribution in [0.2, 0.25) is 5.02 Å². The number of halogens is 5. The number of nitrogens with one attached hydrogen (secondary N) is 1. The third-order valence-corrected chi connectivity index (χ3v) is 6.17. The number of alkyl halides is 3. The van der Waals surface area contributed by atoms with E-state index in [0.717, 1.165) is 35.7 Å². The monoisotopic (exact) mass is 680 g/mol. The van der Waals surface area contributed by atoms with Gasteiger partial charge in [-0.05, 0) is 50.0 Å². The molecule has 1 fully saturated rings. The maximum atomic E-state index is 13.8. The average Bonchev–Trinajstić information content (AvgIpc) is 2.90. The number of hydrogen-bond acceptors (Lipinski definition) is 8. The number of allylic oxidation sites excluding steroid dienone is 2. The van der Waals surface area contributed by atoms with Crippen molar-refractivity contribution in [2.75, 3.05) is 20.3 Å². The predicted molar refractivity (Wildman–Crippen MR) is 144 cm³/mol. The quantitative estimate of drug-likeness (QED) is 0.144. The topological polar surface area (TPSA) is 108 Å². The van der Waals surface area contributed by atoms with Crippen molar-refractivity contribution in [2.24, 2.45) is 0 Å². The Kier molecular flexibility index (Phi) is 11.0. The van der Waals surface area contributed by atoms with E-state index in [1.807, 2.05) is 28.9 Å². The van der Waals surface area contributed by atoms with Crippen LogP contribution < -0.4 is 13.8 Å². The molecule has 0 radical (unpaired) electrons. The molecular formula is C25H25ClF3IN4O5. The number of nitriles is 1. The minimum Gasteiger partial charge on any atom is -0.482 e. The van der Waals surface area contributed by atoms with Crippen LogP contribution in [0.5, 0.6) is 11.5 Å². The molecule has 1 N–H and O–H groups in total. The lowest BCUT2D eigenvalue weighted by atomic mass is 10.1. The SMILES string of the molecule is CO/C(NI)=C(/C=C(\C)COC1CCCCO1)Cn1cnc(C(F)(F)F)c(Oc2cc(Cl)cc(C#N)c2)c1=O. The van der Waals surface area contributed by atoms with Gasteiger partial charge in [-0.15, -0.1) is 0 Å². The van der Waals surface area contributed by atoms with Crippen molar-refractivity contribution in [1.29, 1.82) is 5.26 Å². The summed E-state index contributed by atoms with van der Waals surface area (Å²) in [5.74, 6) is -1.01. The number of benzene rings is 1. The van der Waals surface area contributed by atoms with E-state index in [9.17, 15) is 18.0 Å². The van der Waals surface area contributed by atoms with E-state index in [-0.39, 0.29) is 41.7 Å². The summed E-state index contributed by atoms with van der Waals surface area (Å²) in [4.78, 5) is 16.8. The molecule has 0 spiro atoms. The van der Waals surface area contributed by atoms with E-state index in [4.69, 9.17) is 35.8 Å². The summed E-state index contributed by atoms with van der Waals surface area (Å²) >= 11 is 7.79. The molecule has 1 aromatic carbocycles. The normalized spacial score (nSPS) is 16.8. The van der Waals surface area contributed by atoms with Gasteiger partial charge in [0.1, 0.15) is 5.75 Å². The van der Waals surface area contributed by atoms with Crippen LogP contribution in [0.15, 0.2) is 52.4 Å². The fourth-order valence-corrected chi connectivity index (χ4v) is 4.48. The molecule has 0 bridgehead atoms. The van der Waals surface area contributed by atoms with Crippen LogP contribution in [0.25, 0.3) is 0 Å². The molecule has 2 heterocycles. The highest BCUT2D eigenvalue weighted by Gasteiger charge is 2.39. The maximum absolute atomic E-state index is 13.8.